The summed E-state index contributed by atoms with van der Waals surface area (Å²) in [6.45, 7) is 34.7. The topological polar surface area (TPSA) is 0 Å². The monoisotopic (exact) mass is 2040 g/mol. The molecule has 0 aliphatic heterocycles. The molecule has 0 saturated carbocycles. The first kappa shape index (κ1) is 103. The summed E-state index contributed by atoms with van der Waals surface area (Å²) in [5.74, 6) is 17.9. The van der Waals surface area contributed by atoms with Crippen molar-refractivity contribution in [1.29, 1.82) is 0 Å². The van der Waals surface area contributed by atoms with Gasteiger partial charge in [0.15, 0.2) is 0 Å². The molecule has 144 heavy (non-hydrogen) atoms. The minimum atomic E-state index is 1.31. The maximum absolute atomic E-state index is 2.30. The first-order valence-corrected chi connectivity index (χ1v) is 58.1. The van der Waals surface area contributed by atoms with E-state index in [1.807, 2.05) is 45.3 Å². The van der Waals surface area contributed by atoms with Crippen LogP contribution in [0.4, 0.5) is 0 Å². The third kappa shape index (κ3) is 25.3. The Morgan fingerprint density at radius 2 is 0.479 bits per heavy atom. The van der Waals surface area contributed by atoms with Gasteiger partial charge in [-0.3, -0.25) is 0 Å². The quantitative estimate of drug-likeness (QED) is 0.154. The van der Waals surface area contributed by atoms with Crippen molar-refractivity contribution >= 4 is 223 Å². The van der Waals surface area contributed by atoms with E-state index in [0.29, 0.717) is 0 Å². The van der Waals surface area contributed by atoms with Crippen molar-refractivity contribution < 1.29 is 0 Å². The van der Waals surface area contributed by atoms with Crippen LogP contribution in [0.25, 0.3) is 170 Å². The second-order valence-electron chi connectivity index (χ2n) is 36.8. The molecule has 708 valence electrons. The van der Waals surface area contributed by atoms with E-state index in [0.717, 1.165) is 0 Å². The Kier molecular flexibility index (Phi) is 34.8. The molecule has 0 fully saturated rings. The van der Waals surface area contributed by atoms with Gasteiger partial charge in [-0.05, 0) is 450 Å². The van der Waals surface area contributed by atoms with E-state index in [9.17, 15) is 0 Å². The molecule has 10 heterocycles. The fourth-order valence-electron chi connectivity index (χ4n) is 18.3. The second-order valence-corrected chi connectivity index (χ2v) is 48.0. The zero-order valence-electron chi connectivity index (χ0n) is 84.7. The molecule has 0 amide bonds. The molecule has 0 nitrogen and oxygen atoms in total. The molecule has 16 aromatic carbocycles. The molecule has 0 radical (unpaired) electrons. The molecule has 10 aromatic heterocycles. The van der Waals surface area contributed by atoms with Gasteiger partial charge in [0.2, 0.25) is 0 Å². The number of aryl methyl sites for hydroxylation is 16. The molecule has 0 aliphatic rings. The maximum Gasteiger partial charge on any atom is 0.0358 e. The third-order valence-corrected chi connectivity index (χ3v) is 36.6. The van der Waals surface area contributed by atoms with Gasteiger partial charge < -0.3 is 0 Å². The van der Waals surface area contributed by atoms with Crippen LogP contribution in [0, 0.1) is 111 Å². The number of benzene rings is 16. The number of rotatable bonds is 4. The molecule has 10 heteroatoms. The fraction of sp³-hybridized carbons (Fsp3) is 0.119. The lowest BCUT2D eigenvalue weighted by Crippen LogP contribution is -1.82. The summed E-state index contributed by atoms with van der Waals surface area (Å²) in [5.41, 5.74) is 19.2. The minimum Gasteiger partial charge on any atom is -0.141 e. The van der Waals surface area contributed by atoms with Crippen molar-refractivity contribution in [3.8, 4) is 41.8 Å². The van der Waals surface area contributed by atoms with E-state index in [1.54, 1.807) is 0 Å². The summed E-state index contributed by atoms with van der Waals surface area (Å²) < 4.78 is 0. The highest BCUT2D eigenvalue weighted by Crippen LogP contribution is 2.43. The van der Waals surface area contributed by atoms with Gasteiger partial charge in [-0.15, -0.1) is 45.3 Å². The molecule has 0 unspecified atom stereocenters. The normalized spacial score (nSPS) is 11.1. The molecular formula is C134H118P6S4. The summed E-state index contributed by atoms with van der Waals surface area (Å²) in [6, 6.07) is 135. The van der Waals surface area contributed by atoms with Crippen LogP contribution >= 0.6 is 94.5 Å². The van der Waals surface area contributed by atoms with Crippen LogP contribution in [0.2, 0.25) is 0 Å². The minimum absolute atomic E-state index is 1.31. The molecule has 0 aliphatic carbocycles. The largest absolute Gasteiger partial charge is 0.141 e. The van der Waals surface area contributed by atoms with Crippen molar-refractivity contribution in [3.63, 3.8) is 0 Å². The zero-order valence-corrected chi connectivity index (χ0v) is 93.4. The lowest BCUT2D eigenvalue weighted by molar-refractivity contribution is 1.47. The van der Waals surface area contributed by atoms with Crippen LogP contribution in [-0.2, 0) is 0 Å². The lowest BCUT2D eigenvalue weighted by atomic mass is 9.96. The maximum atomic E-state index is 2.30. The van der Waals surface area contributed by atoms with Crippen molar-refractivity contribution in [3.05, 3.63) is 508 Å². The van der Waals surface area contributed by atoms with E-state index in [1.165, 1.54) is 305 Å². The van der Waals surface area contributed by atoms with Crippen LogP contribution in [0.5, 0.6) is 0 Å². The molecule has 26 aromatic rings. The Bertz CT molecular complexity index is 8070. The fourth-order valence-corrected chi connectivity index (χ4v) is 27.2. The van der Waals surface area contributed by atoms with Crippen molar-refractivity contribution in [1.82, 2.24) is 0 Å². The highest BCUT2D eigenvalue weighted by molar-refractivity contribution is 7.36. The van der Waals surface area contributed by atoms with Gasteiger partial charge in [-0.25, -0.2) is 0 Å². The zero-order chi connectivity index (χ0) is 100. The van der Waals surface area contributed by atoms with E-state index in [2.05, 4.69) is 533 Å². The van der Waals surface area contributed by atoms with Crippen LogP contribution < -0.4 is 0 Å². The molecule has 26 rings (SSSR count). The summed E-state index contributed by atoms with van der Waals surface area (Å²) in [4.78, 5) is 10.9. The first-order chi connectivity index (χ1) is 70.0. The Hall–Kier alpha value is -12.7. The van der Waals surface area contributed by atoms with Crippen LogP contribution in [0.15, 0.2) is 423 Å². The van der Waals surface area contributed by atoms with Gasteiger partial charge in [0.25, 0.3) is 0 Å². The Morgan fingerprint density at radius 1 is 0.167 bits per heavy atom. The predicted molar refractivity (Wildman–Crippen MR) is 659 cm³/mol. The molecule has 0 saturated heterocycles. The summed E-state index contributed by atoms with van der Waals surface area (Å²) in [7, 11) is 7.99. The molecule has 0 spiro atoms. The molecule has 0 bridgehead atoms. The second kappa shape index (κ2) is 48.8. The van der Waals surface area contributed by atoms with E-state index < -0.39 is 0 Å². The van der Waals surface area contributed by atoms with E-state index in [4.69, 9.17) is 0 Å². The summed E-state index contributed by atoms with van der Waals surface area (Å²) in [5, 5.41) is 35.7. The number of hydrogen-bond acceptors (Lipinski definition) is 4. The Morgan fingerprint density at radius 3 is 0.903 bits per heavy atom. The van der Waals surface area contributed by atoms with Gasteiger partial charge in [0.05, 0.1) is 0 Å². The SMILES string of the molecule is Cc1ccc(-c2c3ccccc3cc3ccccc23)s1.Cc1ccc(-c2ccc3cc4ccccc4cc3c2)s1.Cc1ccc(-c2ccc3ccccc3c2)s1.Cc1ccc(-c2cccc3ccccc23)s1.Cc1ccc(C)c2cpccc12.Cc1ccc(C)c2cpccc12.Cc1ccc(C)c2pcccc12.Cc1ccc(C)c2pcccc12.Cc1cpc(C)c2ccccc12.Cc1cpc(C)c2ccccc12. The average molecular weight is 2040 g/mol. The lowest BCUT2D eigenvalue weighted by Gasteiger charge is -2.10. The van der Waals surface area contributed by atoms with Crippen LogP contribution in [-0.4, -0.2) is 0 Å². The van der Waals surface area contributed by atoms with E-state index in [-0.39, 0.29) is 0 Å². The standard InChI is InChI=1S/2C19H14S.2C15H12S.6C11H11P/c1-13-10-11-18(20-13)19-16-8-4-2-6-14(16)12-15-7-3-5-9-17(15)19;1-13-6-9-19(20-13)17-8-7-16-10-14-4-2-3-5-15(14)11-18(16)12-17;1-11-9-10-15(16-11)14-8-4-6-12-5-2-3-7-13(12)14;1-11-6-9-15(16-11)14-8-7-12-4-2-3-5-13(12)10-14;2*1-8-3-4-9(2)11-7-12-6-5-10(8)11;2*1-8-5-6-9(2)11-10(8)4-3-7-12-11;2*1-8-7-12-9(2)11-6-4-3-5-10(8)11/h2*2-12H,1H3;2*2-10H,1H3;6*3-7H,1-2H3. The highest BCUT2D eigenvalue weighted by Gasteiger charge is 2.14. The molecule has 0 N–H and O–H groups in total. The number of thiophene rings is 4. The average Bonchev–Trinajstić information content (AvgIpc) is 1.32. The van der Waals surface area contributed by atoms with Crippen molar-refractivity contribution in [2.75, 3.05) is 0 Å². The Labute approximate surface area is 876 Å². The number of hydrogen-bond donors (Lipinski definition) is 0. The van der Waals surface area contributed by atoms with Crippen LogP contribution in [0.3, 0.4) is 0 Å². The molecule has 0 atom stereocenters. The summed E-state index contributed by atoms with van der Waals surface area (Å²) in [6.07, 6.45) is 0. The van der Waals surface area contributed by atoms with Gasteiger partial charge >= 0.3 is 0 Å². The number of fused-ring (bicyclic) bond motifs is 12. The first-order valence-electron chi connectivity index (χ1n) is 48.9. The molecular weight excluding hydrogens is 1920 g/mol. The Balaban J connectivity index is 0.000000111. The van der Waals surface area contributed by atoms with Crippen LogP contribution in [0.1, 0.15) is 85.7 Å². The highest BCUT2D eigenvalue weighted by atomic mass is 32.1. The van der Waals surface area contributed by atoms with Crippen molar-refractivity contribution in [2.45, 2.75) is 111 Å². The smallest absolute Gasteiger partial charge is 0.0358 e. The van der Waals surface area contributed by atoms with E-state index >= 15 is 0 Å². The van der Waals surface area contributed by atoms with Gasteiger partial charge in [-0.1, -0.05) is 334 Å². The van der Waals surface area contributed by atoms with Gasteiger partial charge in [0, 0.05) is 54.8 Å². The van der Waals surface area contributed by atoms with Gasteiger partial charge in [0.1, 0.15) is 0 Å². The predicted octanol–water partition coefficient (Wildman–Crippen LogP) is 46.0. The third-order valence-electron chi connectivity index (χ3n) is 26.3. The summed E-state index contributed by atoms with van der Waals surface area (Å²) >= 11 is 7.43. The van der Waals surface area contributed by atoms with Gasteiger partial charge in [-0.2, -0.15) is 0 Å². The van der Waals surface area contributed by atoms with Crippen molar-refractivity contribution in [2.24, 2.45) is 0 Å².